The normalized spacial score (nSPS) is 10.5. The van der Waals surface area contributed by atoms with Gasteiger partial charge >= 0.3 is 0 Å². The lowest BCUT2D eigenvalue weighted by molar-refractivity contribution is -0.118. The summed E-state index contributed by atoms with van der Waals surface area (Å²) in [7, 11) is 0. The van der Waals surface area contributed by atoms with Gasteiger partial charge in [-0.05, 0) is 48.5 Å². The third-order valence-electron chi connectivity index (χ3n) is 4.52. The smallest absolute Gasteiger partial charge is 0.262 e. The molecule has 154 valence electrons. The first kappa shape index (κ1) is 20.4. The predicted molar refractivity (Wildman–Crippen MR) is 122 cm³/mol. The number of fused-ring (bicyclic) bond motifs is 1. The van der Waals surface area contributed by atoms with E-state index in [0.717, 1.165) is 5.39 Å². The van der Waals surface area contributed by atoms with Gasteiger partial charge in [-0.15, -0.1) is 0 Å². The third-order valence-corrected chi connectivity index (χ3v) is 4.85. The fraction of sp³-hybridized carbons (Fsp3) is 0.0417. The second-order valence-electron chi connectivity index (χ2n) is 6.65. The lowest BCUT2D eigenvalue weighted by atomic mass is 10.2. The van der Waals surface area contributed by atoms with Gasteiger partial charge in [-0.3, -0.25) is 14.6 Å². The first-order chi connectivity index (χ1) is 15.1. The number of pyridine rings is 1. The van der Waals surface area contributed by atoms with Crippen LogP contribution >= 0.6 is 11.6 Å². The van der Waals surface area contributed by atoms with E-state index in [0.29, 0.717) is 33.2 Å². The van der Waals surface area contributed by atoms with Crippen LogP contribution in [0.1, 0.15) is 10.4 Å². The van der Waals surface area contributed by atoms with Gasteiger partial charge in [0.1, 0.15) is 11.3 Å². The van der Waals surface area contributed by atoms with E-state index in [2.05, 4.69) is 15.6 Å². The molecule has 2 N–H and O–H groups in total. The summed E-state index contributed by atoms with van der Waals surface area (Å²) >= 11 is 6.19. The number of rotatable bonds is 6. The van der Waals surface area contributed by atoms with Crippen molar-refractivity contribution in [2.45, 2.75) is 0 Å². The van der Waals surface area contributed by atoms with E-state index in [9.17, 15) is 9.59 Å². The van der Waals surface area contributed by atoms with Crippen molar-refractivity contribution in [2.75, 3.05) is 17.2 Å². The molecule has 0 fully saturated rings. The second-order valence-corrected chi connectivity index (χ2v) is 7.05. The molecule has 0 radical (unpaired) electrons. The number of hydrogen-bond acceptors (Lipinski definition) is 4. The minimum atomic E-state index is -0.375. The summed E-state index contributed by atoms with van der Waals surface area (Å²) < 4.78 is 5.68. The number of para-hydroxylation sites is 2. The van der Waals surface area contributed by atoms with E-state index >= 15 is 0 Å². The quantitative estimate of drug-likeness (QED) is 0.442. The Morgan fingerprint density at radius 3 is 2.32 bits per heavy atom. The molecular weight excluding hydrogens is 414 g/mol. The molecule has 0 saturated heterocycles. The standard InChI is InChI=1S/C24H18ClN3O3/c25-18-12-13-21(23-17(18)9-6-14-26-23)31-15-22(29)27-19-10-4-5-11-20(19)28-24(30)16-7-2-1-3-8-16/h1-14H,15H2,(H,27,29)(H,28,30). The molecule has 31 heavy (non-hydrogen) atoms. The largest absolute Gasteiger partial charge is 0.481 e. The van der Waals surface area contributed by atoms with Crippen LogP contribution in [-0.2, 0) is 4.79 Å². The van der Waals surface area contributed by atoms with E-state index in [1.807, 2.05) is 12.1 Å². The molecule has 6 nitrogen and oxygen atoms in total. The van der Waals surface area contributed by atoms with E-state index in [4.69, 9.17) is 16.3 Å². The number of amides is 2. The molecular formula is C24H18ClN3O3. The van der Waals surface area contributed by atoms with Gasteiger partial charge in [0.25, 0.3) is 11.8 Å². The minimum absolute atomic E-state index is 0.228. The molecule has 4 aromatic rings. The zero-order valence-electron chi connectivity index (χ0n) is 16.3. The number of aromatic nitrogens is 1. The Morgan fingerprint density at radius 2 is 1.55 bits per heavy atom. The van der Waals surface area contributed by atoms with Gasteiger partial charge in [0.2, 0.25) is 0 Å². The number of halogens is 1. The highest BCUT2D eigenvalue weighted by Gasteiger charge is 2.13. The van der Waals surface area contributed by atoms with Crippen molar-refractivity contribution in [3.63, 3.8) is 0 Å². The van der Waals surface area contributed by atoms with Crippen molar-refractivity contribution in [2.24, 2.45) is 0 Å². The van der Waals surface area contributed by atoms with E-state index in [-0.39, 0.29) is 18.4 Å². The molecule has 0 aliphatic heterocycles. The third kappa shape index (κ3) is 4.82. The van der Waals surface area contributed by atoms with Crippen molar-refractivity contribution >= 4 is 45.7 Å². The van der Waals surface area contributed by atoms with E-state index in [1.165, 1.54) is 0 Å². The van der Waals surface area contributed by atoms with Crippen LogP contribution in [0.4, 0.5) is 11.4 Å². The maximum atomic E-state index is 12.5. The molecule has 2 amide bonds. The number of carbonyl (C=O) groups is 2. The predicted octanol–water partition coefficient (Wildman–Crippen LogP) is 5.16. The number of benzene rings is 3. The Balaban J connectivity index is 1.44. The van der Waals surface area contributed by atoms with Gasteiger partial charge in [-0.2, -0.15) is 0 Å². The molecule has 0 aliphatic carbocycles. The molecule has 0 saturated carbocycles. The molecule has 0 unspecified atom stereocenters. The molecule has 0 bridgehead atoms. The van der Waals surface area contributed by atoms with E-state index < -0.39 is 0 Å². The van der Waals surface area contributed by atoms with Crippen LogP contribution in [0.2, 0.25) is 5.02 Å². The summed E-state index contributed by atoms with van der Waals surface area (Å²) in [5.74, 6) is -0.182. The number of anilines is 2. The molecule has 1 heterocycles. The zero-order chi connectivity index (χ0) is 21.6. The number of nitrogens with zero attached hydrogens (tertiary/aromatic N) is 1. The fourth-order valence-electron chi connectivity index (χ4n) is 3.04. The SMILES string of the molecule is O=C(COc1ccc(Cl)c2cccnc12)Nc1ccccc1NC(=O)c1ccccc1. The monoisotopic (exact) mass is 431 g/mol. The van der Waals surface area contributed by atoms with Crippen molar-refractivity contribution in [1.29, 1.82) is 0 Å². The molecule has 0 aliphatic rings. The molecule has 0 atom stereocenters. The van der Waals surface area contributed by atoms with Crippen LogP contribution in [0.25, 0.3) is 10.9 Å². The van der Waals surface area contributed by atoms with E-state index in [1.54, 1.807) is 72.9 Å². The summed E-state index contributed by atoms with van der Waals surface area (Å²) in [6, 6.07) is 22.8. The highest BCUT2D eigenvalue weighted by atomic mass is 35.5. The van der Waals surface area contributed by atoms with Gasteiger partial charge in [-0.1, -0.05) is 41.9 Å². The Hall–Kier alpha value is -3.90. The number of ether oxygens (including phenoxy) is 1. The summed E-state index contributed by atoms with van der Waals surface area (Å²) in [4.78, 5) is 29.2. The highest BCUT2D eigenvalue weighted by molar-refractivity contribution is 6.35. The average Bonchev–Trinajstić information content (AvgIpc) is 2.81. The summed E-state index contributed by atoms with van der Waals surface area (Å²) in [6.07, 6.45) is 1.64. The number of nitrogens with one attached hydrogen (secondary N) is 2. The zero-order valence-corrected chi connectivity index (χ0v) is 17.1. The topological polar surface area (TPSA) is 80.3 Å². The van der Waals surface area contributed by atoms with Crippen LogP contribution in [-0.4, -0.2) is 23.4 Å². The van der Waals surface area contributed by atoms with Crippen LogP contribution < -0.4 is 15.4 Å². The first-order valence-corrected chi connectivity index (χ1v) is 9.91. The molecule has 0 spiro atoms. The van der Waals surface area contributed by atoms with Crippen LogP contribution in [0.3, 0.4) is 0 Å². The van der Waals surface area contributed by atoms with Crippen molar-refractivity contribution in [1.82, 2.24) is 4.98 Å². The Labute approximate surface area is 183 Å². The van der Waals surface area contributed by atoms with Gasteiger partial charge < -0.3 is 15.4 Å². The second kappa shape index (κ2) is 9.28. The van der Waals surface area contributed by atoms with Crippen LogP contribution in [0, 0.1) is 0 Å². The molecule has 1 aromatic heterocycles. The Bertz CT molecular complexity index is 1250. The first-order valence-electron chi connectivity index (χ1n) is 9.53. The Morgan fingerprint density at radius 1 is 0.839 bits per heavy atom. The summed E-state index contributed by atoms with van der Waals surface area (Å²) in [5.41, 5.74) is 2.06. The maximum absolute atomic E-state index is 12.5. The number of hydrogen-bond donors (Lipinski definition) is 2. The van der Waals surface area contributed by atoms with Gasteiger partial charge in [0, 0.05) is 17.1 Å². The van der Waals surface area contributed by atoms with Gasteiger partial charge in [0.15, 0.2) is 6.61 Å². The van der Waals surface area contributed by atoms with Crippen LogP contribution in [0.15, 0.2) is 85.1 Å². The highest BCUT2D eigenvalue weighted by Crippen LogP contribution is 2.29. The minimum Gasteiger partial charge on any atom is -0.481 e. The van der Waals surface area contributed by atoms with Crippen molar-refractivity contribution in [3.05, 3.63) is 95.6 Å². The average molecular weight is 432 g/mol. The lowest BCUT2D eigenvalue weighted by Crippen LogP contribution is -2.22. The summed E-state index contributed by atoms with van der Waals surface area (Å²) in [6.45, 7) is -0.228. The lowest BCUT2D eigenvalue weighted by Gasteiger charge is -2.13. The molecule has 4 rings (SSSR count). The molecule has 3 aromatic carbocycles. The maximum Gasteiger partial charge on any atom is 0.262 e. The number of carbonyl (C=O) groups excluding carboxylic acids is 2. The van der Waals surface area contributed by atoms with Gasteiger partial charge in [0.05, 0.1) is 16.4 Å². The summed E-state index contributed by atoms with van der Waals surface area (Å²) in [5, 5.41) is 6.89. The van der Waals surface area contributed by atoms with Crippen LogP contribution in [0.5, 0.6) is 5.75 Å². The van der Waals surface area contributed by atoms with Crippen molar-refractivity contribution in [3.8, 4) is 5.75 Å². The van der Waals surface area contributed by atoms with Crippen molar-refractivity contribution < 1.29 is 14.3 Å². The molecule has 7 heteroatoms. The van der Waals surface area contributed by atoms with Gasteiger partial charge in [-0.25, -0.2) is 0 Å². The Kier molecular flexibility index (Phi) is 6.10. The fourth-order valence-corrected chi connectivity index (χ4v) is 3.26.